The van der Waals surface area contributed by atoms with Crippen LogP contribution in [0.5, 0.6) is 0 Å². The van der Waals surface area contributed by atoms with Gasteiger partial charge in [0.25, 0.3) is 5.92 Å². The van der Waals surface area contributed by atoms with Crippen LogP contribution in [-0.4, -0.2) is 37.7 Å². The number of likely N-dealkylation sites (N-methyl/N-ethyl adjacent to an activating group) is 1. The molecule has 1 aliphatic heterocycles. The van der Waals surface area contributed by atoms with Crippen LogP contribution in [0, 0.1) is 0 Å². The fourth-order valence-corrected chi connectivity index (χ4v) is 2.37. The molecule has 1 fully saturated rings. The van der Waals surface area contributed by atoms with Gasteiger partial charge in [0.1, 0.15) is 6.04 Å². The Balaban J connectivity index is 2.29. The molecule has 19 heavy (non-hydrogen) atoms. The second-order valence-corrected chi connectivity index (χ2v) is 5.47. The number of hydrogen-bond acceptors (Lipinski definition) is 2. The van der Waals surface area contributed by atoms with Crippen LogP contribution in [-0.2, 0) is 10.7 Å². The summed E-state index contributed by atoms with van der Waals surface area (Å²) in [4.78, 5) is 1.69. The Morgan fingerprint density at radius 1 is 1.37 bits per heavy atom. The van der Waals surface area contributed by atoms with Crippen molar-refractivity contribution in [3.63, 3.8) is 0 Å². The quantitative estimate of drug-likeness (QED) is 0.835. The van der Waals surface area contributed by atoms with E-state index in [1.165, 1.54) is 6.07 Å². The van der Waals surface area contributed by atoms with Crippen molar-refractivity contribution in [2.24, 2.45) is 0 Å². The Labute approximate surface area is 113 Å². The molecule has 1 unspecified atom stereocenters. The van der Waals surface area contributed by atoms with Gasteiger partial charge in [-0.3, -0.25) is 4.90 Å². The van der Waals surface area contributed by atoms with Crippen LogP contribution in [0.2, 0.25) is 0 Å². The van der Waals surface area contributed by atoms with Crippen LogP contribution < -0.4 is 0 Å². The number of halogens is 2. The zero-order valence-corrected chi connectivity index (χ0v) is 11.7. The van der Waals surface area contributed by atoms with Crippen LogP contribution in [0.1, 0.15) is 30.9 Å². The number of morpholine rings is 1. The largest absolute Gasteiger partial charge is 0.378 e. The highest BCUT2D eigenvalue weighted by Gasteiger charge is 2.45. The number of nitrogens with zero attached hydrogens (tertiary/aromatic N) is 1. The van der Waals surface area contributed by atoms with Crippen molar-refractivity contribution in [3.05, 3.63) is 35.4 Å². The first-order valence-electron chi connectivity index (χ1n) is 6.69. The first-order valence-corrected chi connectivity index (χ1v) is 6.69. The monoisotopic (exact) mass is 269 g/mol. The van der Waals surface area contributed by atoms with Crippen LogP contribution >= 0.6 is 0 Å². The lowest BCUT2D eigenvalue weighted by Gasteiger charge is -2.37. The number of ether oxygens (including phenoxy) is 1. The third kappa shape index (κ3) is 2.95. The summed E-state index contributed by atoms with van der Waals surface area (Å²) in [6, 6.07) is 5.85. The molecule has 2 rings (SSSR count). The summed E-state index contributed by atoms with van der Waals surface area (Å²) in [7, 11) is 1.73. The average molecular weight is 269 g/mol. The van der Waals surface area contributed by atoms with E-state index in [0.717, 1.165) is 5.56 Å². The lowest BCUT2D eigenvalue weighted by Crippen LogP contribution is -2.51. The molecule has 1 saturated heterocycles. The zero-order chi connectivity index (χ0) is 14.0. The molecule has 0 bridgehead atoms. The van der Waals surface area contributed by atoms with E-state index in [4.69, 9.17) is 4.74 Å². The Hall–Kier alpha value is -1.00. The van der Waals surface area contributed by atoms with Gasteiger partial charge in [0, 0.05) is 12.1 Å². The third-order valence-electron chi connectivity index (χ3n) is 3.75. The minimum atomic E-state index is -2.89. The molecule has 4 heteroatoms. The lowest BCUT2D eigenvalue weighted by molar-refractivity contribution is -0.133. The van der Waals surface area contributed by atoms with Gasteiger partial charge in [0.2, 0.25) is 0 Å². The van der Waals surface area contributed by atoms with Crippen molar-refractivity contribution in [3.8, 4) is 0 Å². The first kappa shape index (κ1) is 14.4. The fourth-order valence-electron chi connectivity index (χ4n) is 2.37. The molecule has 1 heterocycles. The molecule has 1 atom stereocenters. The standard InChI is InChI=1S/C15H21F2NO/c1-11(2)12-5-4-6-13(9-12)15(16,17)14-10-19-8-7-18(14)3/h4-6,9,11,14H,7-8,10H2,1-3H3. The van der Waals surface area contributed by atoms with Crippen molar-refractivity contribution >= 4 is 0 Å². The SMILES string of the molecule is CC(C)c1cccc(C(F)(F)C2COCCN2C)c1. The van der Waals surface area contributed by atoms with Gasteiger partial charge >= 0.3 is 0 Å². The summed E-state index contributed by atoms with van der Waals surface area (Å²) < 4.78 is 34.4. The maximum absolute atomic E-state index is 14.6. The molecule has 1 aromatic carbocycles. The summed E-state index contributed by atoms with van der Waals surface area (Å²) in [5.74, 6) is -2.64. The molecule has 1 aliphatic rings. The van der Waals surface area contributed by atoms with Crippen LogP contribution in [0.15, 0.2) is 24.3 Å². The summed E-state index contributed by atoms with van der Waals surface area (Å²) in [6.07, 6.45) is 0. The summed E-state index contributed by atoms with van der Waals surface area (Å²) in [6.45, 7) is 5.16. The van der Waals surface area contributed by atoms with E-state index in [-0.39, 0.29) is 18.1 Å². The average Bonchev–Trinajstić information content (AvgIpc) is 2.39. The zero-order valence-electron chi connectivity index (χ0n) is 11.7. The molecule has 0 aromatic heterocycles. The maximum atomic E-state index is 14.6. The van der Waals surface area contributed by atoms with Gasteiger partial charge in [-0.25, -0.2) is 0 Å². The number of rotatable bonds is 3. The highest BCUT2D eigenvalue weighted by molar-refractivity contribution is 5.30. The van der Waals surface area contributed by atoms with Gasteiger partial charge in [-0.2, -0.15) is 8.78 Å². The maximum Gasteiger partial charge on any atom is 0.290 e. The van der Waals surface area contributed by atoms with Crippen molar-refractivity contribution < 1.29 is 13.5 Å². The number of alkyl halides is 2. The van der Waals surface area contributed by atoms with E-state index in [0.29, 0.717) is 13.2 Å². The van der Waals surface area contributed by atoms with Gasteiger partial charge in [-0.1, -0.05) is 32.0 Å². The smallest absolute Gasteiger partial charge is 0.290 e. The minimum Gasteiger partial charge on any atom is -0.378 e. The summed E-state index contributed by atoms with van der Waals surface area (Å²) in [5, 5.41) is 0. The predicted molar refractivity (Wildman–Crippen MR) is 71.7 cm³/mol. The summed E-state index contributed by atoms with van der Waals surface area (Å²) >= 11 is 0. The number of hydrogen-bond donors (Lipinski definition) is 0. The molecule has 0 aliphatic carbocycles. The molecule has 0 radical (unpaired) electrons. The Kier molecular flexibility index (Phi) is 4.21. The van der Waals surface area contributed by atoms with Crippen molar-refractivity contribution in [2.75, 3.05) is 26.8 Å². The topological polar surface area (TPSA) is 12.5 Å². The summed E-state index contributed by atoms with van der Waals surface area (Å²) in [5.41, 5.74) is 1.03. The molecular weight excluding hydrogens is 248 g/mol. The minimum absolute atomic E-state index is 0.0788. The molecule has 1 aromatic rings. The van der Waals surface area contributed by atoms with Crippen LogP contribution in [0.4, 0.5) is 8.78 Å². The lowest BCUT2D eigenvalue weighted by atomic mass is 9.94. The molecule has 0 saturated carbocycles. The van der Waals surface area contributed by atoms with Crippen molar-refractivity contribution in [1.29, 1.82) is 0 Å². The third-order valence-corrected chi connectivity index (χ3v) is 3.75. The van der Waals surface area contributed by atoms with Gasteiger partial charge in [0.05, 0.1) is 13.2 Å². The first-order chi connectivity index (χ1) is 8.93. The highest BCUT2D eigenvalue weighted by atomic mass is 19.3. The highest BCUT2D eigenvalue weighted by Crippen LogP contribution is 2.36. The Bertz CT molecular complexity index is 434. The normalized spacial score (nSPS) is 21.9. The molecule has 2 nitrogen and oxygen atoms in total. The Morgan fingerprint density at radius 3 is 2.74 bits per heavy atom. The number of benzene rings is 1. The van der Waals surface area contributed by atoms with E-state index in [2.05, 4.69) is 0 Å². The second-order valence-electron chi connectivity index (χ2n) is 5.47. The molecule has 0 N–H and O–H groups in total. The molecular formula is C15H21F2NO. The van der Waals surface area contributed by atoms with E-state index in [9.17, 15) is 8.78 Å². The van der Waals surface area contributed by atoms with Gasteiger partial charge in [-0.15, -0.1) is 0 Å². The van der Waals surface area contributed by atoms with E-state index in [1.807, 2.05) is 19.9 Å². The van der Waals surface area contributed by atoms with E-state index in [1.54, 1.807) is 24.1 Å². The van der Waals surface area contributed by atoms with Crippen molar-refractivity contribution in [1.82, 2.24) is 4.90 Å². The molecule has 0 amide bonds. The van der Waals surface area contributed by atoms with Crippen LogP contribution in [0.3, 0.4) is 0 Å². The van der Waals surface area contributed by atoms with Gasteiger partial charge in [0.15, 0.2) is 0 Å². The van der Waals surface area contributed by atoms with Crippen LogP contribution in [0.25, 0.3) is 0 Å². The second kappa shape index (κ2) is 5.55. The fraction of sp³-hybridized carbons (Fsp3) is 0.600. The van der Waals surface area contributed by atoms with Gasteiger partial charge in [-0.05, 0) is 24.6 Å². The molecule has 106 valence electrons. The molecule has 0 spiro atoms. The Morgan fingerprint density at radius 2 is 2.11 bits per heavy atom. The van der Waals surface area contributed by atoms with E-state index < -0.39 is 12.0 Å². The van der Waals surface area contributed by atoms with E-state index >= 15 is 0 Å². The van der Waals surface area contributed by atoms with Gasteiger partial charge < -0.3 is 4.74 Å². The predicted octanol–water partition coefficient (Wildman–Crippen LogP) is 3.23. The van der Waals surface area contributed by atoms with Crippen molar-refractivity contribution in [2.45, 2.75) is 31.7 Å².